The third kappa shape index (κ3) is 4.25. The zero-order valence-corrected chi connectivity index (χ0v) is 19.4. The standard InChI is InChI=1S/C25H34N4O3/c1-18(2)17-28-24(31)22(19(3)29(25(28)32)21-9-5-4-6-10-21)26-15-11-20(12-16-26)23(30)27-13-7-8-14-27/h4-6,9-10,18,20H,7-8,11-17H2,1-3H3. The molecule has 0 radical (unpaired) electrons. The third-order valence-corrected chi connectivity index (χ3v) is 6.69. The van der Waals surface area contributed by atoms with E-state index < -0.39 is 0 Å². The van der Waals surface area contributed by atoms with Crippen LogP contribution >= 0.6 is 0 Å². The van der Waals surface area contributed by atoms with Crippen LogP contribution < -0.4 is 16.1 Å². The van der Waals surface area contributed by atoms with Crippen molar-refractivity contribution in [3.05, 3.63) is 56.9 Å². The molecule has 2 saturated heterocycles. The maximum absolute atomic E-state index is 13.5. The molecule has 0 saturated carbocycles. The maximum atomic E-state index is 13.5. The molecule has 2 aromatic rings. The van der Waals surface area contributed by atoms with E-state index in [0.29, 0.717) is 31.0 Å². The second kappa shape index (κ2) is 9.35. The second-order valence-corrected chi connectivity index (χ2v) is 9.49. The van der Waals surface area contributed by atoms with Crippen molar-refractivity contribution in [3.8, 4) is 5.69 Å². The summed E-state index contributed by atoms with van der Waals surface area (Å²) in [6.45, 7) is 9.29. The molecule has 0 aliphatic carbocycles. The Hall–Kier alpha value is -2.83. The third-order valence-electron chi connectivity index (χ3n) is 6.69. The minimum Gasteiger partial charge on any atom is -0.366 e. The number of aromatic nitrogens is 2. The normalized spacial score (nSPS) is 17.4. The van der Waals surface area contributed by atoms with Gasteiger partial charge in [0.25, 0.3) is 5.56 Å². The van der Waals surface area contributed by atoms with E-state index in [1.807, 2.05) is 56.0 Å². The molecular formula is C25H34N4O3. The quantitative estimate of drug-likeness (QED) is 0.720. The zero-order valence-electron chi connectivity index (χ0n) is 19.4. The Morgan fingerprint density at radius 2 is 1.62 bits per heavy atom. The average Bonchev–Trinajstić information content (AvgIpc) is 3.32. The van der Waals surface area contributed by atoms with Gasteiger partial charge in [-0.2, -0.15) is 0 Å². The van der Waals surface area contributed by atoms with E-state index in [9.17, 15) is 14.4 Å². The van der Waals surface area contributed by atoms with Crippen LogP contribution in [0.4, 0.5) is 5.69 Å². The molecule has 4 rings (SSSR count). The van der Waals surface area contributed by atoms with E-state index in [4.69, 9.17) is 0 Å². The molecule has 32 heavy (non-hydrogen) atoms. The molecule has 2 aliphatic heterocycles. The van der Waals surface area contributed by atoms with Crippen molar-refractivity contribution in [1.82, 2.24) is 14.0 Å². The minimum atomic E-state index is -0.296. The van der Waals surface area contributed by atoms with Crippen LogP contribution in [0.5, 0.6) is 0 Å². The van der Waals surface area contributed by atoms with E-state index >= 15 is 0 Å². The SMILES string of the molecule is Cc1c(N2CCC(C(=O)N3CCCC3)CC2)c(=O)n(CC(C)C)c(=O)n1-c1ccccc1. The van der Waals surface area contributed by atoms with E-state index in [-0.39, 0.29) is 29.0 Å². The molecule has 7 nitrogen and oxygen atoms in total. The summed E-state index contributed by atoms with van der Waals surface area (Å²) in [6.07, 6.45) is 3.67. The number of para-hydroxylation sites is 1. The zero-order chi connectivity index (χ0) is 22.8. The number of piperidine rings is 1. The highest BCUT2D eigenvalue weighted by Crippen LogP contribution is 2.26. The highest BCUT2D eigenvalue weighted by atomic mass is 16.2. The largest absolute Gasteiger partial charge is 0.366 e. The topological polar surface area (TPSA) is 67.6 Å². The smallest absolute Gasteiger partial charge is 0.335 e. The van der Waals surface area contributed by atoms with E-state index in [1.54, 1.807) is 4.57 Å². The number of likely N-dealkylation sites (tertiary alicyclic amines) is 1. The van der Waals surface area contributed by atoms with Crippen molar-refractivity contribution < 1.29 is 4.79 Å². The van der Waals surface area contributed by atoms with Crippen molar-refractivity contribution in [1.29, 1.82) is 0 Å². The van der Waals surface area contributed by atoms with Crippen LogP contribution in [0, 0.1) is 18.8 Å². The van der Waals surface area contributed by atoms with Crippen LogP contribution in [0.1, 0.15) is 45.2 Å². The van der Waals surface area contributed by atoms with Gasteiger partial charge in [-0.1, -0.05) is 32.0 Å². The lowest BCUT2D eigenvalue weighted by Crippen LogP contribution is -2.48. The molecule has 1 amide bonds. The molecule has 172 valence electrons. The second-order valence-electron chi connectivity index (χ2n) is 9.49. The van der Waals surface area contributed by atoms with Crippen molar-refractivity contribution in [2.24, 2.45) is 11.8 Å². The lowest BCUT2D eigenvalue weighted by atomic mass is 9.95. The molecule has 2 fully saturated rings. The number of amides is 1. The number of anilines is 1. The van der Waals surface area contributed by atoms with Crippen molar-refractivity contribution >= 4 is 11.6 Å². The molecule has 7 heteroatoms. The van der Waals surface area contributed by atoms with Gasteiger partial charge >= 0.3 is 5.69 Å². The number of carbonyl (C=O) groups excluding carboxylic acids is 1. The molecule has 2 aliphatic rings. The van der Waals surface area contributed by atoms with Crippen molar-refractivity contribution in [2.75, 3.05) is 31.1 Å². The lowest BCUT2D eigenvalue weighted by molar-refractivity contribution is -0.135. The summed E-state index contributed by atoms with van der Waals surface area (Å²) < 4.78 is 3.03. The fourth-order valence-electron chi connectivity index (χ4n) is 5.06. The fourth-order valence-corrected chi connectivity index (χ4v) is 5.06. The number of rotatable bonds is 5. The van der Waals surface area contributed by atoms with Gasteiger partial charge in [-0.15, -0.1) is 0 Å². The summed E-state index contributed by atoms with van der Waals surface area (Å²) in [4.78, 5) is 43.7. The van der Waals surface area contributed by atoms with Gasteiger partial charge in [-0.25, -0.2) is 4.79 Å². The number of carbonyl (C=O) groups is 1. The van der Waals surface area contributed by atoms with Crippen molar-refractivity contribution in [3.63, 3.8) is 0 Å². The van der Waals surface area contributed by atoms with Gasteiger partial charge < -0.3 is 9.80 Å². The molecule has 1 aromatic carbocycles. The Bertz CT molecular complexity index is 1070. The summed E-state index contributed by atoms with van der Waals surface area (Å²) in [5, 5.41) is 0. The van der Waals surface area contributed by atoms with E-state index in [1.165, 1.54) is 4.57 Å². The van der Waals surface area contributed by atoms with Gasteiger partial charge in [0.15, 0.2) is 0 Å². The fraction of sp³-hybridized carbons (Fsp3) is 0.560. The van der Waals surface area contributed by atoms with Crippen molar-refractivity contribution in [2.45, 2.75) is 53.0 Å². The van der Waals surface area contributed by atoms with Gasteiger partial charge in [0.2, 0.25) is 5.91 Å². The minimum absolute atomic E-state index is 0.0302. The van der Waals surface area contributed by atoms with Crippen LogP contribution in [0.25, 0.3) is 5.69 Å². The Kier molecular flexibility index (Phi) is 6.53. The first-order chi connectivity index (χ1) is 15.4. The van der Waals surface area contributed by atoms with Gasteiger partial charge in [-0.3, -0.25) is 18.7 Å². The number of hydrogen-bond acceptors (Lipinski definition) is 4. The number of hydrogen-bond donors (Lipinski definition) is 0. The van der Waals surface area contributed by atoms with Gasteiger partial charge in [0.1, 0.15) is 5.69 Å². The highest BCUT2D eigenvalue weighted by Gasteiger charge is 2.32. The molecule has 0 spiro atoms. The molecule has 1 aromatic heterocycles. The molecule has 0 unspecified atom stereocenters. The van der Waals surface area contributed by atoms with Crippen LogP contribution in [0.2, 0.25) is 0 Å². The summed E-state index contributed by atoms with van der Waals surface area (Å²) in [6, 6.07) is 9.49. The molecule has 0 atom stereocenters. The summed E-state index contributed by atoms with van der Waals surface area (Å²) in [5.41, 5.74) is 1.48. The van der Waals surface area contributed by atoms with Gasteiger partial charge in [0.05, 0.1) is 11.4 Å². The lowest BCUT2D eigenvalue weighted by Gasteiger charge is -2.35. The average molecular weight is 439 g/mol. The first-order valence-electron chi connectivity index (χ1n) is 11.8. The van der Waals surface area contributed by atoms with Gasteiger partial charge in [-0.05, 0) is 50.7 Å². The summed E-state index contributed by atoms with van der Waals surface area (Å²) in [7, 11) is 0. The Morgan fingerprint density at radius 3 is 2.22 bits per heavy atom. The number of nitrogens with zero attached hydrogens (tertiary/aromatic N) is 4. The predicted molar refractivity (Wildman–Crippen MR) is 127 cm³/mol. The summed E-state index contributed by atoms with van der Waals surface area (Å²) in [5.74, 6) is 0.469. The molecular weight excluding hydrogens is 404 g/mol. The van der Waals surface area contributed by atoms with Gasteiger partial charge in [0, 0.05) is 38.6 Å². The van der Waals surface area contributed by atoms with Crippen LogP contribution in [0.15, 0.2) is 39.9 Å². The molecule has 0 N–H and O–H groups in total. The summed E-state index contributed by atoms with van der Waals surface area (Å²) >= 11 is 0. The Labute approximate surface area is 189 Å². The highest BCUT2D eigenvalue weighted by molar-refractivity contribution is 5.79. The maximum Gasteiger partial charge on any atom is 0.335 e. The van der Waals surface area contributed by atoms with E-state index in [2.05, 4.69) is 4.90 Å². The van der Waals surface area contributed by atoms with Crippen LogP contribution in [0.3, 0.4) is 0 Å². The molecule has 3 heterocycles. The molecule has 0 bridgehead atoms. The monoisotopic (exact) mass is 438 g/mol. The Balaban J connectivity index is 1.69. The van der Waals surface area contributed by atoms with Crippen LogP contribution in [-0.4, -0.2) is 46.1 Å². The predicted octanol–water partition coefficient (Wildman–Crippen LogP) is 2.80. The first kappa shape index (κ1) is 22.4. The number of benzene rings is 1. The van der Waals surface area contributed by atoms with E-state index in [0.717, 1.165) is 44.5 Å². The Morgan fingerprint density at radius 1 is 1.00 bits per heavy atom. The first-order valence-corrected chi connectivity index (χ1v) is 11.8. The van der Waals surface area contributed by atoms with Crippen LogP contribution in [-0.2, 0) is 11.3 Å².